The van der Waals surface area contributed by atoms with E-state index in [2.05, 4.69) is 5.16 Å². The van der Waals surface area contributed by atoms with Gasteiger partial charge in [0.15, 0.2) is 10.9 Å². The Hall–Kier alpha value is -3.64. The first-order valence-corrected chi connectivity index (χ1v) is 10.00. The molecule has 1 aromatic heterocycles. The highest BCUT2D eigenvalue weighted by molar-refractivity contribution is 6.29. The second kappa shape index (κ2) is 9.02. The molecule has 31 heavy (non-hydrogen) atoms. The molecule has 0 unspecified atom stereocenters. The van der Waals surface area contributed by atoms with Gasteiger partial charge in [0.1, 0.15) is 17.3 Å². The largest absolute Gasteiger partial charge is 0.452 e. The highest BCUT2D eigenvalue weighted by Gasteiger charge is 2.29. The van der Waals surface area contributed by atoms with Gasteiger partial charge in [0, 0.05) is 18.6 Å². The zero-order chi connectivity index (χ0) is 21.8. The van der Waals surface area contributed by atoms with Crippen molar-refractivity contribution < 1.29 is 23.6 Å². The van der Waals surface area contributed by atoms with Gasteiger partial charge in [0.25, 0.3) is 0 Å². The third-order valence-electron chi connectivity index (χ3n) is 4.62. The van der Waals surface area contributed by atoms with Crippen molar-refractivity contribution in [3.05, 3.63) is 94.0 Å². The molecule has 2 heterocycles. The van der Waals surface area contributed by atoms with Gasteiger partial charge in [0.2, 0.25) is 5.78 Å². The molecule has 7 heteroatoms. The van der Waals surface area contributed by atoms with E-state index in [9.17, 15) is 9.59 Å². The Bertz CT molecular complexity index is 1190. The van der Waals surface area contributed by atoms with Gasteiger partial charge < -0.3 is 14.0 Å². The van der Waals surface area contributed by atoms with Crippen LogP contribution in [0.2, 0.25) is 5.15 Å². The Labute approximate surface area is 183 Å². The molecule has 0 radical (unpaired) electrons. The van der Waals surface area contributed by atoms with E-state index >= 15 is 0 Å². The lowest BCUT2D eigenvalue weighted by Gasteiger charge is -2.07. The van der Waals surface area contributed by atoms with Gasteiger partial charge in [-0.1, -0.05) is 59.2 Å². The SMILES string of the molecule is Cc1cc(OC(=O)CCc2cc(Cl)no2)cc2c1C(=O)/C(=C/C=C/c1ccccc1)O2. The van der Waals surface area contributed by atoms with E-state index in [0.717, 1.165) is 5.56 Å². The van der Waals surface area contributed by atoms with Crippen molar-refractivity contribution in [3.8, 4) is 11.5 Å². The molecule has 3 aromatic rings. The molecule has 156 valence electrons. The highest BCUT2D eigenvalue weighted by atomic mass is 35.5. The summed E-state index contributed by atoms with van der Waals surface area (Å²) in [5.41, 5.74) is 2.15. The number of esters is 1. The van der Waals surface area contributed by atoms with Gasteiger partial charge >= 0.3 is 5.97 Å². The number of fused-ring (bicyclic) bond motifs is 1. The average Bonchev–Trinajstić information content (AvgIpc) is 3.30. The summed E-state index contributed by atoms with van der Waals surface area (Å²) >= 11 is 5.69. The number of ether oxygens (including phenoxy) is 2. The fourth-order valence-electron chi connectivity index (χ4n) is 3.18. The quantitative estimate of drug-likeness (QED) is 0.295. The molecule has 0 N–H and O–H groups in total. The molecular weight excluding hydrogens is 418 g/mol. The standard InChI is InChI=1S/C24H18ClNO5/c1-15-12-18(29-22(27)11-10-17-14-21(25)26-31-17)13-20-23(15)24(28)19(30-20)9-5-8-16-6-3-2-4-7-16/h2-9,12-14H,10-11H2,1H3/b8-5+,19-9-. The average molecular weight is 436 g/mol. The van der Waals surface area contributed by atoms with Crippen LogP contribution in [0.25, 0.3) is 6.08 Å². The number of hydrogen-bond acceptors (Lipinski definition) is 6. The van der Waals surface area contributed by atoms with Crippen LogP contribution in [-0.2, 0) is 11.2 Å². The molecule has 0 aliphatic carbocycles. The van der Waals surface area contributed by atoms with Crippen molar-refractivity contribution in [3.63, 3.8) is 0 Å². The van der Waals surface area contributed by atoms with Crippen LogP contribution in [0.3, 0.4) is 0 Å². The zero-order valence-corrected chi connectivity index (χ0v) is 17.4. The van der Waals surface area contributed by atoms with E-state index in [1.807, 2.05) is 36.4 Å². The van der Waals surface area contributed by atoms with Crippen LogP contribution in [-0.4, -0.2) is 16.9 Å². The fraction of sp³-hybridized carbons (Fsp3) is 0.125. The summed E-state index contributed by atoms with van der Waals surface area (Å²) in [5, 5.41) is 3.80. The molecule has 6 nitrogen and oxygen atoms in total. The molecule has 0 saturated heterocycles. The number of hydrogen-bond donors (Lipinski definition) is 0. The minimum Gasteiger partial charge on any atom is -0.452 e. The van der Waals surface area contributed by atoms with Crippen LogP contribution in [0.5, 0.6) is 11.5 Å². The molecular formula is C24H18ClNO5. The molecule has 0 saturated carbocycles. The Morgan fingerprint density at radius 2 is 2.00 bits per heavy atom. The lowest BCUT2D eigenvalue weighted by molar-refractivity contribution is -0.134. The number of nitrogens with zero attached hydrogens (tertiary/aromatic N) is 1. The van der Waals surface area contributed by atoms with Crippen LogP contribution in [0.1, 0.15) is 33.7 Å². The zero-order valence-electron chi connectivity index (χ0n) is 16.6. The number of carbonyl (C=O) groups is 2. The summed E-state index contributed by atoms with van der Waals surface area (Å²) < 4.78 is 16.1. The van der Waals surface area contributed by atoms with Crippen molar-refractivity contribution in [1.82, 2.24) is 5.16 Å². The minimum absolute atomic E-state index is 0.0941. The third kappa shape index (κ3) is 4.92. The maximum Gasteiger partial charge on any atom is 0.311 e. The second-order valence-corrected chi connectivity index (χ2v) is 7.32. The Morgan fingerprint density at radius 3 is 2.74 bits per heavy atom. The maximum absolute atomic E-state index is 12.7. The maximum atomic E-state index is 12.7. The number of carbonyl (C=O) groups excluding carboxylic acids is 2. The lowest BCUT2D eigenvalue weighted by atomic mass is 10.0. The number of aromatic nitrogens is 1. The smallest absolute Gasteiger partial charge is 0.311 e. The molecule has 0 fully saturated rings. The summed E-state index contributed by atoms with van der Waals surface area (Å²) in [4.78, 5) is 24.9. The van der Waals surface area contributed by atoms with E-state index in [4.69, 9.17) is 25.6 Å². The molecule has 0 amide bonds. The Kier molecular flexibility index (Phi) is 6.00. The number of halogens is 1. The Morgan fingerprint density at radius 1 is 1.19 bits per heavy atom. The van der Waals surface area contributed by atoms with Crippen molar-refractivity contribution in [1.29, 1.82) is 0 Å². The monoisotopic (exact) mass is 435 g/mol. The summed E-state index contributed by atoms with van der Waals surface area (Å²) in [5.74, 6) is 0.748. The first-order valence-electron chi connectivity index (χ1n) is 9.62. The van der Waals surface area contributed by atoms with Gasteiger partial charge in [-0.05, 0) is 30.2 Å². The molecule has 4 rings (SSSR count). The van der Waals surface area contributed by atoms with Crippen molar-refractivity contribution in [2.45, 2.75) is 19.8 Å². The molecule has 0 bridgehead atoms. The molecule has 0 atom stereocenters. The van der Waals surface area contributed by atoms with E-state index in [0.29, 0.717) is 34.8 Å². The summed E-state index contributed by atoms with van der Waals surface area (Å²) in [6.45, 7) is 1.77. The first kappa shape index (κ1) is 20.6. The Balaban J connectivity index is 1.43. The first-order chi connectivity index (χ1) is 15.0. The van der Waals surface area contributed by atoms with E-state index in [1.165, 1.54) is 0 Å². The van der Waals surface area contributed by atoms with Crippen LogP contribution in [0, 0.1) is 6.92 Å². The second-order valence-electron chi connectivity index (χ2n) is 6.94. The van der Waals surface area contributed by atoms with Crippen LogP contribution in [0.15, 0.2) is 71.0 Å². The molecule has 2 aromatic carbocycles. The van der Waals surface area contributed by atoms with Crippen molar-refractivity contribution in [2.75, 3.05) is 0 Å². The van der Waals surface area contributed by atoms with Gasteiger partial charge in [-0.15, -0.1) is 0 Å². The predicted molar refractivity (Wildman–Crippen MR) is 115 cm³/mol. The van der Waals surface area contributed by atoms with Crippen LogP contribution < -0.4 is 9.47 Å². The fourth-order valence-corrected chi connectivity index (χ4v) is 3.33. The topological polar surface area (TPSA) is 78.6 Å². The van der Waals surface area contributed by atoms with E-state index in [-0.39, 0.29) is 23.1 Å². The number of rotatable bonds is 6. The molecule has 1 aliphatic rings. The molecule has 1 aliphatic heterocycles. The number of aryl methyl sites for hydroxylation is 2. The van der Waals surface area contributed by atoms with Crippen molar-refractivity contribution >= 4 is 29.4 Å². The normalized spacial score (nSPS) is 14.1. The van der Waals surface area contributed by atoms with Gasteiger partial charge in [-0.25, -0.2) is 0 Å². The highest BCUT2D eigenvalue weighted by Crippen LogP contribution is 2.37. The number of ketones is 1. The summed E-state index contributed by atoms with van der Waals surface area (Å²) in [7, 11) is 0. The summed E-state index contributed by atoms with van der Waals surface area (Å²) in [6, 6.07) is 14.5. The van der Waals surface area contributed by atoms with Crippen LogP contribution in [0.4, 0.5) is 0 Å². The van der Waals surface area contributed by atoms with E-state index < -0.39 is 5.97 Å². The number of Topliss-reactive ketones (excluding diaryl/α,β-unsaturated/α-hetero) is 1. The van der Waals surface area contributed by atoms with Gasteiger partial charge in [-0.2, -0.15) is 0 Å². The van der Waals surface area contributed by atoms with Gasteiger partial charge in [0.05, 0.1) is 12.0 Å². The summed E-state index contributed by atoms with van der Waals surface area (Å²) in [6.07, 6.45) is 5.69. The molecule has 0 spiro atoms. The third-order valence-corrected chi connectivity index (χ3v) is 4.79. The van der Waals surface area contributed by atoms with E-state index in [1.54, 1.807) is 37.3 Å². The minimum atomic E-state index is -0.447. The predicted octanol–water partition coefficient (Wildman–Crippen LogP) is 5.35. The lowest BCUT2D eigenvalue weighted by Crippen LogP contribution is -2.09. The van der Waals surface area contributed by atoms with Crippen molar-refractivity contribution in [2.24, 2.45) is 0 Å². The number of benzene rings is 2. The van der Waals surface area contributed by atoms with Crippen LogP contribution >= 0.6 is 11.6 Å². The number of allylic oxidation sites excluding steroid dienone is 3. The van der Waals surface area contributed by atoms with Gasteiger partial charge in [-0.3, -0.25) is 9.59 Å².